The summed E-state index contributed by atoms with van der Waals surface area (Å²) >= 11 is 0. The lowest BCUT2D eigenvalue weighted by Crippen LogP contribution is -2.57. The van der Waals surface area contributed by atoms with Gasteiger partial charge in [-0.25, -0.2) is 26.4 Å². The zero-order chi connectivity index (χ0) is 31.6. The summed E-state index contributed by atoms with van der Waals surface area (Å²) in [5, 5.41) is 16.5. The van der Waals surface area contributed by atoms with E-state index in [-0.39, 0.29) is 35.4 Å². The molecular weight excluding hydrogens is 597 g/mol. The molecule has 2 amide bonds. The lowest BCUT2D eigenvalue weighted by Gasteiger charge is -2.38. The molecule has 2 aromatic rings. The van der Waals surface area contributed by atoms with Crippen LogP contribution >= 0.6 is 0 Å². The van der Waals surface area contributed by atoms with Gasteiger partial charge in [-0.1, -0.05) is 18.6 Å². The van der Waals surface area contributed by atoms with Crippen LogP contribution in [0.1, 0.15) is 62.0 Å². The summed E-state index contributed by atoms with van der Waals surface area (Å²) in [6, 6.07) is 6.07. The first-order chi connectivity index (χ1) is 20.9. The van der Waals surface area contributed by atoms with Gasteiger partial charge in [0, 0.05) is 50.2 Å². The number of halogens is 3. The second-order valence-electron chi connectivity index (χ2n) is 12.2. The molecule has 1 aliphatic carbocycles. The minimum absolute atomic E-state index is 0.0343. The molecule has 2 aromatic carbocycles. The summed E-state index contributed by atoms with van der Waals surface area (Å²) in [5.74, 6) is -3.94. The number of benzene rings is 2. The molecule has 0 radical (unpaired) electrons. The Morgan fingerprint density at radius 3 is 2.39 bits per heavy atom. The molecule has 5 rings (SSSR count). The van der Waals surface area contributed by atoms with E-state index < -0.39 is 51.4 Å². The Hall–Kier alpha value is -3.16. The van der Waals surface area contributed by atoms with Gasteiger partial charge in [0.1, 0.15) is 23.5 Å². The van der Waals surface area contributed by atoms with Crippen molar-refractivity contribution in [2.75, 3.05) is 25.9 Å². The van der Waals surface area contributed by atoms with E-state index in [2.05, 4.69) is 10.6 Å². The van der Waals surface area contributed by atoms with E-state index in [1.807, 2.05) is 0 Å². The van der Waals surface area contributed by atoms with Crippen molar-refractivity contribution in [2.45, 2.75) is 75.0 Å². The number of rotatable bonds is 9. The summed E-state index contributed by atoms with van der Waals surface area (Å²) in [4.78, 5) is 27.0. The van der Waals surface area contributed by atoms with Gasteiger partial charge in [-0.2, -0.15) is 4.31 Å². The number of likely N-dealkylation sites (N-methyl/N-ethyl adjacent to an activating group) is 1. The Labute approximate surface area is 255 Å². The van der Waals surface area contributed by atoms with Crippen LogP contribution in [-0.4, -0.2) is 84.8 Å². The van der Waals surface area contributed by atoms with Crippen molar-refractivity contribution in [3.63, 3.8) is 0 Å². The van der Waals surface area contributed by atoms with E-state index in [1.165, 1.54) is 19.2 Å². The SMILES string of the molecule is CN(C(=O)O)[C@H](C(=O)N[C@H]1CCC[C@@H]1CC[C@H]1CN[C@@H]2CCCS(=O)(=O)N1C2)[C@@H](c1ccc(F)cc1)c1cc(F)cc(F)c1. The fourth-order valence-corrected chi connectivity index (χ4v) is 8.95. The minimum Gasteiger partial charge on any atom is -0.465 e. The smallest absolute Gasteiger partial charge is 0.407 e. The highest BCUT2D eigenvalue weighted by molar-refractivity contribution is 7.89. The second kappa shape index (κ2) is 13.5. The summed E-state index contributed by atoms with van der Waals surface area (Å²) in [7, 11) is -2.12. The summed E-state index contributed by atoms with van der Waals surface area (Å²) in [5.41, 5.74) is 0.349. The van der Waals surface area contributed by atoms with Crippen LogP contribution in [-0.2, 0) is 14.8 Å². The van der Waals surface area contributed by atoms with Gasteiger partial charge in [-0.3, -0.25) is 9.69 Å². The van der Waals surface area contributed by atoms with E-state index in [9.17, 15) is 36.3 Å². The lowest BCUT2D eigenvalue weighted by atomic mass is 9.83. The molecule has 1 unspecified atom stereocenters. The molecule has 2 bridgehead atoms. The van der Waals surface area contributed by atoms with Gasteiger partial charge in [-0.15, -0.1) is 0 Å². The number of carbonyl (C=O) groups excluding carboxylic acids is 1. The first kappa shape index (κ1) is 32.2. The van der Waals surface area contributed by atoms with Crippen LogP contribution in [0.25, 0.3) is 0 Å². The van der Waals surface area contributed by atoms with Gasteiger partial charge in [0.25, 0.3) is 0 Å². The molecular formula is C31H39F3N4O5S. The van der Waals surface area contributed by atoms with Crippen LogP contribution in [0.3, 0.4) is 0 Å². The molecule has 0 spiro atoms. The van der Waals surface area contributed by atoms with Crippen LogP contribution in [0.15, 0.2) is 42.5 Å². The van der Waals surface area contributed by atoms with E-state index in [4.69, 9.17) is 0 Å². The zero-order valence-electron chi connectivity index (χ0n) is 24.6. The highest BCUT2D eigenvalue weighted by Crippen LogP contribution is 2.35. The molecule has 3 fully saturated rings. The van der Waals surface area contributed by atoms with Crippen LogP contribution in [0, 0.1) is 23.4 Å². The van der Waals surface area contributed by atoms with Crippen molar-refractivity contribution < 1.29 is 36.3 Å². The molecule has 44 heavy (non-hydrogen) atoms. The van der Waals surface area contributed by atoms with Crippen LogP contribution in [0.4, 0.5) is 18.0 Å². The number of nitrogens with zero attached hydrogens (tertiary/aromatic N) is 2. The zero-order valence-corrected chi connectivity index (χ0v) is 25.4. The number of amides is 2. The fraction of sp³-hybridized carbons (Fsp3) is 0.548. The third-order valence-electron chi connectivity index (χ3n) is 9.40. The number of sulfonamides is 1. The Morgan fingerprint density at radius 1 is 1.00 bits per heavy atom. The summed E-state index contributed by atoms with van der Waals surface area (Å²) in [6.07, 6.45) is 3.63. The maximum absolute atomic E-state index is 14.4. The third kappa shape index (κ3) is 7.21. The third-order valence-corrected chi connectivity index (χ3v) is 11.4. The standard InChI is InChI=1S/C31H39F3N4O5S/c1-37(31(40)41)29(28(20-7-10-22(32)11-8-20)21-14-23(33)16-24(34)15-21)30(39)36-27-6-2-4-19(27)9-12-26-17-35-25-5-3-13-44(42,43)38(26)18-25/h7-8,10-11,14-16,19,25-29,35H,2-6,9,12-13,17-18H2,1H3,(H,36,39)(H,40,41)/t19-,25-,26+,27+,28+,29+/m1/s1. The Morgan fingerprint density at radius 2 is 1.70 bits per heavy atom. The molecule has 2 aliphatic heterocycles. The quantitative estimate of drug-likeness (QED) is 0.383. The Kier molecular flexibility index (Phi) is 9.86. The van der Waals surface area contributed by atoms with E-state index in [0.29, 0.717) is 50.4 Å². The van der Waals surface area contributed by atoms with Crippen molar-refractivity contribution in [3.8, 4) is 0 Å². The van der Waals surface area contributed by atoms with E-state index >= 15 is 0 Å². The number of piperazine rings is 1. The molecule has 9 nitrogen and oxygen atoms in total. The number of carbonyl (C=O) groups is 2. The van der Waals surface area contributed by atoms with E-state index in [0.717, 1.165) is 48.4 Å². The average Bonchev–Trinajstić information content (AvgIpc) is 3.36. The molecule has 3 aliphatic rings. The first-order valence-electron chi connectivity index (χ1n) is 15.1. The molecule has 7 atom stereocenters. The Balaban J connectivity index is 1.37. The number of hydrogen-bond donors (Lipinski definition) is 3. The van der Waals surface area contributed by atoms with Gasteiger partial charge in [-0.05, 0) is 79.8 Å². The average molecular weight is 637 g/mol. The number of carboxylic acid groups (broad SMARTS) is 1. The second-order valence-corrected chi connectivity index (χ2v) is 14.3. The fourth-order valence-electron chi connectivity index (χ4n) is 7.14. The molecule has 240 valence electrons. The molecule has 1 saturated carbocycles. The van der Waals surface area contributed by atoms with Crippen molar-refractivity contribution in [2.24, 2.45) is 5.92 Å². The first-order valence-corrected chi connectivity index (χ1v) is 16.7. The van der Waals surface area contributed by atoms with Gasteiger partial charge >= 0.3 is 6.09 Å². The lowest BCUT2D eigenvalue weighted by molar-refractivity contribution is -0.127. The van der Waals surface area contributed by atoms with Gasteiger partial charge in [0.05, 0.1) is 5.75 Å². The minimum atomic E-state index is -3.33. The number of hydrogen-bond acceptors (Lipinski definition) is 5. The van der Waals surface area contributed by atoms with Crippen molar-refractivity contribution in [3.05, 3.63) is 71.0 Å². The maximum Gasteiger partial charge on any atom is 0.407 e. The van der Waals surface area contributed by atoms with Crippen LogP contribution in [0.5, 0.6) is 0 Å². The summed E-state index contributed by atoms with van der Waals surface area (Å²) in [6.45, 7) is 1.04. The van der Waals surface area contributed by atoms with Crippen molar-refractivity contribution >= 4 is 22.0 Å². The summed E-state index contributed by atoms with van der Waals surface area (Å²) < 4.78 is 70.0. The maximum atomic E-state index is 14.4. The highest BCUT2D eigenvalue weighted by atomic mass is 32.2. The molecule has 3 N–H and O–H groups in total. The van der Waals surface area contributed by atoms with Crippen LogP contribution < -0.4 is 10.6 Å². The molecule has 0 aromatic heterocycles. The van der Waals surface area contributed by atoms with Gasteiger partial charge in [0.15, 0.2) is 0 Å². The topological polar surface area (TPSA) is 119 Å². The largest absolute Gasteiger partial charge is 0.465 e. The monoisotopic (exact) mass is 636 g/mol. The van der Waals surface area contributed by atoms with E-state index in [1.54, 1.807) is 4.31 Å². The van der Waals surface area contributed by atoms with Gasteiger partial charge in [0.2, 0.25) is 15.9 Å². The molecule has 2 saturated heterocycles. The number of fused-ring (bicyclic) bond motifs is 2. The van der Waals surface area contributed by atoms with Crippen molar-refractivity contribution in [1.29, 1.82) is 0 Å². The predicted octanol–water partition coefficient (Wildman–Crippen LogP) is 4.05. The van der Waals surface area contributed by atoms with Gasteiger partial charge < -0.3 is 15.7 Å². The molecule has 13 heteroatoms. The Bertz CT molecular complexity index is 1440. The van der Waals surface area contributed by atoms with Crippen molar-refractivity contribution in [1.82, 2.24) is 19.8 Å². The predicted molar refractivity (Wildman–Crippen MR) is 158 cm³/mol. The van der Waals surface area contributed by atoms with Crippen LogP contribution in [0.2, 0.25) is 0 Å². The highest BCUT2D eigenvalue weighted by Gasteiger charge is 2.41. The number of nitrogens with one attached hydrogen (secondary N) is 2. The molecule has 2 heterocycles. The normalized spacial score (nSPS) is 27.6.